The Hall–Kier alpha value is -3.49. The molecule has 1 aliphatic rings. The fourth-order valence-corrected chi connectivity index (χ4v) is 4.94. The lowest BCUT2D eigenvalue weighted by atomic mass is 10.2. The molecule has 1 saturated heterocycles. The van der Waals surface area contributed by atoms with Crippen molar-refractivity contribution in [2.45, 2.75) is 35.4 Å². The predicted octanol–water partition coefficient (Wildman–Crippen LogP) is 4.29. The highest BCUT2D eigenvalue weighted by Crippen LogP contribution is 2.29. The van der Waals surface area contributed by atoms with Crippen LogP contribution in [0.25, 0.3) is 10.9 Å². The Labute approximate surface area is 201 Å². The molecule has 1 N–H and O–H groups in total. The van der Waals surface area contributed by atoms with Gasteiger partial charge in [0.1, 0.15) is 10.9 Å². The molecule has 0 aliphatic carbocycles. The summed E-state index contributed by atoms with van der Waals surface area (Å²) in [6.07, 6.45) is 3.51. The lowest BCUT2D eigenvalue weighted by molar-refractivity contribution is 0.0498. The Balaban J connectivity index is 1.47. The molecule has 0 spiro atoms. The standard InChI is InChI=1S/C26H24N4O3S/c31-24-20-11-4-5-13-22(20)28-23(29-24)17-30(16-18-8-7-15-33-18)26(32)21-12-6-14-27-25(21)34-19-9-2-1-3-10-19/h1-6,9-14,18H,7-8,15-17H2,(H,28,29,31)/t18-/m0/s1. The van der Waals surface area contributed by atoms with Crippen LogP contribution in [0.1, 0.15) is 29.0 Å². The molecule has 0 radical (unpaired) electrons. The Morgan fingerprint density at radius 1 is 1.09 bits per heavy atom. The number of carbonyl (C=O) groups is 1. The van der Waals surface area contributed by atoms with Crippen molar-refractivity contribution >= 4 is 28.6 Å². The van der Waals surface area contributed by atoms with Crippen molar-refractivity contribution in [3.8, 4) is 0 Å². The second kappa shape index (κ2) is 10.2. The number of hydrogen-bond donors (Lipinski definition) is 1. The summed E-state index contributed by atoms with van der Waals surface area (Å²) in [7, 11) is 0. The van der Waals surface area contributed by atoms with Crippen LogP contribution in [0.4, 0.5) is 0 Å². The van der Waals surface area contributed by atoms with Gasteiger partial charge in [0.25, 0.3) is 11.5 Å². The van der Waals surface area contributed by atoms with Gasteiger partial charge in [-0.1, -0.05) is 42.1 Å². The van der Waals surface area contributed by atoms with Crippen LogP contribution >= 0.6 is 11.8 Å². The third kappa shape index (κ3) is 5.03. The fraction of sp³-hybridized carbons (Fsp3) is 0.231. The van der Waals surface area contributed by atoms with Gasteiger partial charge in [-0.3, -0.25) is 9.59 Å². The highest BCUT2D eigenvalue weighted by molar-refractivity contribution is 7.99. The molecule has 1 amide bonds. The topological polar surface area (TPSA) is 88.2 Å². The fourth-order valence-electron chi connectivity index (χ4n) is 4.05. The number of amides is 1. The van der Waals surface area contributed by atoms with Gasteiger partial charge < -0.3 is 14.6 Å². The molecule has 0 bridgehead atoms. The minimum atomic E-state index is -0.216. The molecule has 8 heteroatoms. The Bertz CT molecular complexity index is 1350. The summed E-state index contributed by atoms with van der Waals surface area (Å²) in [5.41, 5.74) is 0.900. The number of nitrogens with zero attached hydrogens (tertiary/aromatic N) is 3. The highest BCUT2D eigenvalue weighted by atomic mass is 32.2. The van der Waals surface area contributed by atoms with Crippen LogP contribution in [0.2, 0.25) is 0 Å². The van der Waals surface area contributed by atoms with Crippen LogP contribution in [-0.2, 0) is 11.3 Å². The van der Waals surface area contributed by atoms with Crippen LogP contribution in [0, 0.1) is 0 Å². The molecule has 0 unspecified atom stereocenters. The first-order valence-electron chi connectivity index (χ1n) is 11.2. The molecular weight excluding hydrogens is 448 g/mol. The van der Waals surface area contributed by atoms with Crippen LogP contribution in [0.5, 0.6) is 0 Å². The third-order valence-electron chi connectivity index (χ3n) is 5.70. The normalized spacial score (nSPS) is 15.5. The lowest BCUT2D eigenvalue weighted by Crippen LogP contribution is -2.38. The third-order valence-corrected chi connectivity index (χ3v) is 6.72. The minimum absolute atomic E-state index is 0.0435. The second-order valence-electron chi connectivity index (χ2n) is 8.12. The van der Waals surface area contributed by atoms with Crippen molar-refractivity contribution in [3.05, 3.63) is 94.7 Å². The number of hydrogen-bond acceptors (Lipinski definition) is 6. The molecule has 172 valence electrons. The largest absolute Gasteiger partial charge is 0.376 e. The number of aromatic amines is 1. The van der Waals surface area contributed by atoms with Crippen molar-refractivity contribution in [2.24, 2.45) is 0 Å². The maximum absolute atomic E-state index is 13.8. The van der Waals surface area contributed by atoms with Crippen molar-refractivity contribution in [1.82, 2.24) is 19.9 Å². The van der Waals surface area contributed by atoms with Crippen LogP contribution < -0.4 is 5.56 Å². The molecule has 1 aliphatic heterocycles. The number of nitrogens with one attached hydrogen (secondary N) is 1. The molecule has 0 saturated carbocycles. The Morgan fingerprint density at radius 3 is 2.74 bits per heavy atom. The number of ether oxygens (including phenoxy) is 1. The molecule has 3 heterocycles. The Kier molecular flexibility index (Phi) is 6.69. The van der Waals surface area contributed by atoms with E-state index in [-0.39, 0.29) is 24.1 Å². The van der Waals surface area contributed by atoms with E-state index in [1.165, 1.54) is 11.8 Å². The lowest BCUT2D eigenvalue weighted by Gasteiger charge is -2.25. The van der Waals surface area contributed by atoms with Crippen LogP contribution in [0.15, 0.2) is 87.6 Å². The summed E-state index contributed by atoms with van der Waals surface area (Å²) in [5.74, 6) is 0.272. The van der Waals surface area contributed by atoms with E-state index in [4.69, 9.17) is 4.74 Å². The number of benzene rings is 2. The van der Waals surface area contributed by atoms with E-state index in [0.717, 1.165) is 17.7 Å². The van der Waals surface area contributed by atoms with Gasteiger partial charge in [0.15, 0.2) is 0 Å². The number of fused-ring (bicyclic) bond motifs is 1. The molecule has 5 rings (SSSR count). The average molecular weight is 473 g/mol. The van der Waals surface area contributed by atoms with Gasteiger partial charge in [-0.15, -0.1) is 0 Å². The average Bonchev–Trinajstić information content (AvgIpc) is 3.37. The van der Waals surface area contributed by atoms with Gasteiger partial charge in [0.2, 0.25) is 0 Å². The molecule has 1 atom stereocenters. The van der Waals surface area contributed by atoms with Crippen LogP contribution in [0.3, 0.4) is 0 Å². The van der Waals surface area contributed by atoms with E-state index in [1.54, 1.807) is 41.4 Å². The molecule has 7 nitrogen and oxygen atoms in total. The first-order chi connectivity index (χ1) is 16.7. The number of para-hydroxylation sites is 1. The van der Waals surface area contributed by atoms with Crippen molar-refractivity contribution < 1.29 is 9.53 Å². The molecule has 2 aromatic carbocycles. The van der Waals surface area contributed by atoms with Gasteiger partial charge in [-0.05, 0) is 49.2 Å². The SMILES string of the molecule is O=C(c1cccnc1Sc1ccccc1)N(Cc1nc2ccccc2c(=O)[nH]1)C[C@@H]1CCCO1. The van der Waals surface area contributed by atoms with Crippen molar-refractivity contribution in [1.29, 1.82) is 0 Å². The molecule has 2 aromatic heterocycles. The molecular formula is C26H24N4O3S. The summed E-state index contributed by atoms with van der Waals surface area (Å²) >= 11 is 1.45. The zero-order valence-corrected chi connectivity index (χ0v) is 19.3. The van der Waals surface area contributed by atoms with Crippen molar-refractivity contribution in [2.75, 3.05) is 13.2 Å². The second-order valence-corrected chi connectivity index (χ2v) is 9.18. The summed E-state index contributed by atoms with van der Waals surface area (Å²) in [4.78, 5) is 41.0. The summed E-state index contributed by atoms with van der Waals surface area (Å²) in [5, 5.41) is 1.16. The number of aromatic nitrogens is 3. The van der Waals surface area contributed by atoms with Crippen LogP contribution in [-0.4, -0.2) is 45.0 Å². The number of carbonyl (C=O) groups excluding carboxylic acids is 1. The number of rotatable bonds is 7. The van der Waals surface area contributed by atoms with Crippen molar-refractivity contribution in [3.63, 3.8) is 0 Å². The van der Waals surface area contributed by atoms with Gasteiger partial charge in [-0.25, -0.2) is 9.97 Å². The van der Waals surface area contributed by atoms with E-state index in [0.29, 0.717) is 40.5 Å². The van der Waals surface area contributed by atoms with E-state index in [9.17, 15) is 9.59 Å². The zero-order chi connectivity index (χ0) is 23.3. The quantitative estimate of drug-likeness (QED) is 0.432. The first-order valence-corrected chi connectivity index (χ1v) is 12.1. The van der Waals surface area contributed by atoms with Gasteiger partial charge in [0.05, 0.1) is 29.1 Å². The first kappa shape index (κ1) is 22.3. The molecule has 34 heavy (non-hydrogen) atoms. The van der Waals surface area contributed by atoms with Gasteiger partial charge >= 0.3 is 0 Å². The van der Waals surface area contributed by atoms with E-state index >= 15 is 0 Å². The monoisotopic (exact) mass is 472 g/mol. The summed E-state index contributed by atoms with van der Waals surface area (Å²) in [6, 6.07) is 20.6. The molecule has 1 fully saturated rings. The van der Waals surface area contributed by atoms with E-state index in [1.807, 2.05) is 36.4 Å². The summed E-state index contributed by atoms with van der Waals surface area (Å²) in [6.45, 7) is 1.28. The predicted molar refractivity (Wildman–Crippen MR) is 131 cm³/mol. The maximum atomic E-state index is 13.8. The van der Waals surface area contributed by atoms with E-state index < -0.39 is 0 Å². The Morgan fingerprint density at radius 2 is 1.91 bits per heavy atom. The maximum Gasteiger partial charge on any atom is 0.258 e. The highest BCUT2D eigenvalue weighted by Gasteiger charge is 2.26. The van der Waals surface area contributed by atoms with E-state index in [2.05, 4.69) is 15.0 Å². The van der Waals surface area contributed by atoms with Gasteiger partial charge in [0, 0.05) is 24.2 Å². The zero-order valence-electron chi connectivity index (χ0n) is 18.5. The summed E-state index contributed by atoms with van der Waals surface area (Å²) < 4.78 is 5.82. The number of pyridine rings is 1. The smallest absolute Gasteiger partial charge is 0.258 e. The molecule has 4 aromatic rings. The van der Waals surface area contributed by atoms with Gasteiger partial charge in [-0.2, -0.15) is 0 Å². The number of H-pyrrole nitrogens is 1. The minimum Gasteiger partial charge on any atom is -0.376 e.